The molecule has 18 heavy (non-hydrogen) atoms. The standard InChI is InChI=1S/C12H26N2O3S/c1-4-5-9-14(3)18(16,17)13-11-7-6-8-12(11,2)10-15/h11,13,15H,4-10H2,1-3H3. The van der Waals surface area contributed by atoms with Crippen molar-refractivity contribution in [3.05, 3.63) is 0 Å². The number of hydrogen-bond donors (Lipinski definition) is 2. The van der Waals surface area contributed by atoms with Crippen LogP contribution in [0.2, 0.25) is 0 Å². The van der Waals surface area contributed by atoms with Crippen LogP contribution >= 0.6 is 0 Å². The van der Waals surface area contributed by atoms with E-state index in [1.165, 1.54) is 4.31 Å². The zero-order chi connectivity index (χ0) is 13.8. The molecule has 0 radical (unpaired) electrons. The highest BCUT2D eigenvalue weighted by molar-refractivity contribution is 7.87. The summed E-state index contributed by atoms with van der Waals surface area (Å²) in [5.41, 5.74) is -0.321. The van der Waals surface area contributed by atoms with Gasteiger partial charge in [0.1, 0.15) is 0 Å². The van der Waals surface area contributed by atoms with Crippen LogP contribution in [0.1, 0.15) is 46.0 Å². The molecule has 0 spiro atoms. The lowest BCUT2D eigenvalue weighted by Crippen LogP contribution is -2.49. The molecule has 1 fully saturated rings. The molecule has 0 aromatic carbocycles. The number of nitrogens with one attached hydrogen (secondary N) is 1. The van der Waals surface area contributed by atoms with Gasteiger partial charge in [0.25, 0.3) is 10.2 Å². The molecule has 1 rings (SSSR count). The van der Waals surface area contributed by atoms with Crippen LogP contribution in [0.5, 0.6) is 0 Å². The van der Waals surface area contributed by atoms with Crippen LogP contribution in [0.3, 0.4) is 0 Å². The molecule has 0 aromatic heterocycles. The largest absolute Gasteiger partial charge is 0.396 e. The number of rotatable bonds is 7. The summed E-state index contributed by atoms with van der Waals surface area (Å²) in [7, 11) is -1.82. The Morgan fingerprint density at radius 2 is 2.17 bits per heavy atom. The summed E-state index contributed by atoms with van der Waals surface area (Å²) >= 11 is 0. The van der Waals surface area contributed by atoms with Crippen molar-refractivity contribution in [3.8, 4) is 0 Å². The average Bonchev–Trinajstić information content (AvgIpc) is 2.68. The molecular formula is C12H26N2O3S. The maximum Gasteiger partial charge on any atom is 0.279 e. The summed E-state index contributed by atoms with van der Waals surface area (Å²) in [6.45, 7) is 4.54. The summed E-state index contributed by atoms with van der Waals surface area (Å²) in [6.07, 6.45) is 4.47. The first-order valence-corrected chi connectivity index (χ1v) is 8.14. The Hall–Kier alpha value is -0.170. The lowest BCUT2D eigenvalue weighted by atomic mass is 9.86. The van der Waals surface area contributed by atoms with Gasteiger partial charge in [0.05, 0.1) is 0 Å². The van der Waals surface area contributed by atoms with Gasteiger partial charge in [-0.3, -0.25) is 0 Å². The van der Waals surface area contributed by atoms with Crippen molar-refractivity contribution in [2.75, 3.05) is 20.2 Å². The van der Waals surface area contributed by atoms with E-state index in [9.17, 15) is 13.5 Å². The number of aliphatic hydroxyl groups excluding tert-OH is 1. The molecule has 2 N–H and O–H groups in total. The van der Waals surface area contributed by atoms with Gasteiger partial charge in [0, 0.05) is 31.7 Å². The first-order chi connectivity index (χ1) is 8.35. The van der Waals surface area contributed by atoms with E-state index in [2.05, 4.69) is 4.72 Å². The van der Waals surface area contributed by atoms with Gasteiger partial charge in [0.2, 0.25) is 0 Å². The second-order valence-corrected chi connectivity index (χ2v) is 7.36. The lowest BCUT2D eigenvalue weighted by molar-refractivity contribution is 0.126. The number of nitrogens with zero attached hydrogens (tertiary/aromatic N) is 1. The molecule has 0 aliphatic heterocycles. The second-order valence-electron chi connectivity index (χ2n) is 5.55. The quantitative estimate of drug-likeness (QED) is 0.733. The van der Waals surface area contributed by atoms with E-state index < -0.39 is 10.2 Å². The van der Waals surface area contributed by atoms with Crippen LogP contribution in [0.15, 0.2) is 0 Å². The molecule has 0 saturated heterocycles. The van der Waals surface area contributed by atoms with E-state index in [1.807, 2.05) is 13.8 Å². The average molecular weight is 278 g/mol. The van der Waals surface area contributed by atoms with Crippen LogP contribution in [-0.4, -0.2) is 44.1 Å². The van der Waals surface area contributed by atoms with E-state index in [-0.39, 0.29) is 18.1 Å². The molecule has 1 saturated carbocycles. The van der Waals surface area contributed by atoms with Gasteiger partial charge in [-0.2, -0.15) is 17.4 Å². The lowest BCUT2D eigenvalue weighted by Gasteiger charge is -2.31. The fourth-order valence-electron chi connectivity index (χ4n) is 2.39. The van der Waals surface area contributed by atoms with Crippen molar-refractivity contribution >= 4 is 10.2 Å². The SMILES string of the molecule is CCCCN(C)S(=O)(=O)NC1CCCC1(C)CO. The molecular weight excluding hydrogens is 252 g/mol. The van der Waals surface area contributed by atoms with E-state index in [0.29, 0.717) is 6.54 Å². The maximum absolute atomic E-state index is 12.1. The Morgan fingerprint density at radius 1 is 1.50 bits per heavy atom. The maximum atomic E-state index is 12.1. The van der Waals surface area contributed by atoms with Crippen LogP contribution in [0.25, 0.3) is 0 Å². The summed E-state index contributed by atoms with van der Waals surface area (Å²) in [4.78, 5) is 0. The first kappa shape index (κ1) is 15.9. The van der Waals surface area contributed by atoms with E-state index >= 15 is 0 Å². The van der Waals surface area contributed by atoms with Crippen molar-refractivity contribution in [1.82, 2.24) is 9.03 Å². The minimum Gasteiger partial charge on any atom is -0.396 e. The molecule has 108 valence electrons. The molecule has 2 unspecified atom stereocenters. The van der Waals surface area contributed by atoms with E-state index in [1.54, 1.807) is 7.05 Å². The molecule has 0 heterocycles. The van der Waals surface area contributed by atoms with Crippen molar-refractivity contribution in [3.63, 3.8) is 0 Å². The molecule has 0 bridgehead atoms. The number of aliphatic hydroxyl groups is 1. The van der Waals surface area contributed by atoms with Gasteiger partial charge >= 0.3 is 0 Å². The van der Waals surface area contributed by atoms with Gasteiger partial charge in [-0.15, -0.1) is 0 Å². The van der Waals surface area contributed by atoms with Gasteiger partial charge in [0.15, 0.2) is 0 Å². The Kier molecular flexibility index (Phi) is 5.58. The molecule has 1 aliphatic rings. The van der Waals surface area contributed by atoms with Gasteiger partial charge in [-0.05, 0) is 19.3 Å². The van der Waals surface area contributed by atoms with Gasteiger partial charge in [-0.25, -0.2) is 0 Å². The van der Waals surface area contributed by atoms with Crippen LogP contribution in [-0.2, 0) is 10.2 Å². The van der Waals surface area contributed by atoms with Crippen molar-refractivity contribution in [1.29, 1.82) is 0 Å². The smallest absolute Gasteiger partial charge is 0.279 e. The van der Waals surface area contributed by atoms with Gasteiger partial charge < -0.3 is 5.11 Å². The predicted molar refractivity (Wildman–Crippen MR) is 72.4 cm³/mol. The van der Waals surface area contributed by atoms with Crippen LogP contribution < -0.4 is 4.72 Å². The zero-order valence-electron chi connectivity index (χ0n) is 11.6. The summed E-state index contributed by atoms with van der Waals surface area (Å²) in [5.74, 6) is 0. The summed E-state index contributed by atoms with van der Waals surface area (Å²) < 4.78 is 28.4. The minimum absolute atomic E-state index is 0.0266. The Labute approximate surface area is 111 Å². The van der Waals surface area contributed by atoms with Crippen molar-refractivity contribution < 1.29 is 13.5 Å². The zero-order valence-corrected chi connectivity index (χ0v) is 12.5. The minimum atomic E-state index is -3.42. The van der Waals surface area contributed by atoms with Crippen molar-refractivity contribution in [2.24, 2.45) is 5.41 Å². The molecule has 1 aliphatic carbocycles. The van der Waals surface area contributed by atoms with Crippen LogP contribution in [0, 0.1) is 5.41 Å². The highest BCUT2D eigenvalue weighted by Gasteiger charge is 2.40. The van der Waals surface area contributed by atoms with Crippen molar-refractivity contribution in [2.45, 2.75) is 52.0 Å². The highest BCUT2D eigenvalue weighted by Crippen LogP contribution is 2.37. The highest BCUT2D eigenvalue weighted by atomic mass is 32.2. The number of hydrogen-bond acceptors (Lipinski definition) is 3. The van der Waals surface area contributed by atoms with Gasteiger partial charge in [-0.1, -0.05) is 26.7 Å². The third-order valence-corrected chi connectivity index (χ3v) is 5.56. The molecule has 0 amide bonds. The molecule has 2 atom stereocenters. The topological polar surface area (TPSA) is 69.6 Å². The normalized spacial score (nSPS) is 29.1. The monoisotopic (exact) mass is 278 g/mol. The summed E-state index contributed by atoms with van der Waals surface area (Å²) in [5, 5.41) is 9.42. The predicted octanol–water partition coefficient (Wildman–Crippen LogP) is 1.10. The summed E-state index contributed by atoms with van der Waals surface area (Å²) in [6, 6.07) is -0.156. The fourth-order valence-corrected chi connectivity index (χ4v) is 3.71. The van der Waals surface area contributed by atoms with Crippen LogP contribution in [0.4, 0.5) is 0 Å². The fraction of sp³-hybridized carbons (Fsp3) is 1.00. The Morgan fingerprint density at radius 3 is 2.72 bits per heavy atom. The Bertz CT molecular complexity index is 358. The molecule has 6 heteroatoms. The second kappa shape index (κ2) is 6.32. The first-order valence-electron chi connectivity index (χ1n) is 6.70. The number of unbranched alkanes of at least 4 members (excludes halogenated alkanes) is 1. The molecule has 5 nitrogen and oxygen atoms in total. The van der Waals surface area contributed by atoms with E-state index in [4.69, 9.17) is 0 Å². The third-order valence-electron chi connectivity index (χ3n) is 3.97. The molecule has 0 aromatic rings. The Balaban J connectivity index is 2.65. The van der Waals surface area contributed by atoms with E-state index in [0.717, 1.165) is 32.1 Å². The third kappa shape index (κ3) is 3.66.